The summed E-state index contributed by atoms with van der Waals surface area (Å²) in [4.78, 5) is 28.7. The van der Waals surface area contributed by atoms with Crippen molar-refractivity contribution in [2.75, 3.05) is 20.8 Å². The Morgan fingerprint density at radius 3 is 2.51 bits per heavy atom. The fraction of sp³-hybridized carbons (Fsp3) is 0.200. The average Bonchev–Trinajstić information content (AvgIpc) is 3.49. The molecule has 9 nitrogen and oxygen atoms in total. The molecule has 5 rings (SSSR count). The zero-order valence-corrected chi connectivity index (χ0v) is 21.6. The first-order valence-corrected chi connectivity index (χ1v) is 12.3. The number of hydrogen-bond donors (Lipinski definition) is 2. The Morgan fingerprint density at radius 2 is 1.77 bits per heavy atom. The number of furan rings is 1. The number of Topliss-reactive ketones (excluding diaryl/α,β-unsaturated/α-hetero) is 1. The number of carbonyl (C=O) groups is 2. The highest BCUT2D eigenvalue weighted by molar-refractivity contribution is 6.16. The second-order valence-corrected chi connectivity index (χ2v) is 8.93. The van der Waals surface area contributed by atoms with Gasteiger partial charge in [-0.3, -0.25) is 9.59 Å². The van der Waals surface area contributed by atoms with Gasteiger partial charge >= 0.3 is 0 Å². The smallest absolute Gasteiger partial charge is 0.290 e. The molecular weight excluding hydrogens is 502 g/mol. The third-order valence-electron chi connectivity index (χ3n) is 6.59. The predicted octanol–water partition coefficient (Wildman–Crippen LogP) is 5.33. The number of amides is 1. The maximum absolute atomic E-state index is 13.9. The molecule has 0 aliphatic carbocycles. The highest BCUT2D eigenvalue weighted by Crippen LogP contribution is 2.43. The molecule has 0 saturated heterocycles. The fourth-order valence-electron chi connectivity index (χ4n) is 4.78. The molecule has 0 fully saturated rings. The van der Waals surface area contributed by atoms with Gasteiger partial charge in [-0.05, 0) is 54.4 Å². The van der Waals surface area contributed by atoms with E-state index in [2.05, 4.69) is 0 Å². The van der Waals surface area contributed by atoms with Gasteiger partial charge in [-0.25, -0.2) is 0 Å². The second kappa shape index (κ2) is 10.4. The molecule has 1 unspecified atom stereocenters. The van der Waals surface area contributed by atoms with Gasteiger partial charge in [0, 0.05) is 11.9 Å². The number of ether oxygens (including phenoxy) is 3. The molecule has 1 aliphatic heterocycles. The summed E-state index contributed by atoms with van der Waals surface area (Å²) in [6.07, 6.45) is 0. The van der Waals surface area contributed by atoms with Gasteiger partial charge in [0.15, 0.2) is 34.4 Å². The molecule has 0 radical (unpaired) electrons. The normalized spacial score (nSPS) is 15.2. The molecule has 1 aromatic heterocycles. The van der Waals surface area contributed by atoms with Crippen molar-refractivity contribution in [1.29, 1.82) is 0 Å². The Bertz CT molecular complexity index is 1600. The first-order valence-electron chi connectivity index (χ1n) is 12.3. The summed E-state index contributed by atoms with van der Waals surface area (Å²) < 4.78 is 22.1. The molecule has 1 atom stereocenters. The summed E-state index contributed by atoms with van der Waals surface area (Å²) in [6, 6.07) is 17.5. The van der Waals surface area contributed by atoms with Gasteiger partial charge in [-0.1, -0.05) is 30.3 Å². The lowest BCUT2D eigenvalue weighted by Gasteiger charge is -2.27. The summed E-state index contributed by atoms with van der Waals surface area (Å²) in [5, 5.41) is 22.0. The molecule has 0 spiro atoms. The number of phenols is 1. The fourth-order valence-corrected chi connectivity index (χ4v) is 4.78. The molecule has 200 valence electrons. The predicted molar refractivity (Wildman–Crippen MR) is 142 cm³/mol. The van der Waals surface area contributed by atoms with Crippen molar-refractivity contribution in [3.63, 3.8) is 0 Å². The first-order chi connectivity index (χ1) is 18.9. The number of aliphatic hydroxyl groups excluding tert-OH is 1. The number of aliphatic hydroxyl groups is 1. The summed E-state index contributed by atoms with van der Waals surface area (Å²) in [7, 11) is 3.04. The molecule has 2 N–H and O–H groups in total. The molecule has 0 bridgehead atoms. The third-order valence-corrected chi connectivity index (χ3v) is 6.59. The van der Waals surface area contributed by atoms with Crippen LogP contribution in [-0.2, 0) is 11.3 Å². The quantitative estimate of drug-likeness (QED) is 0.279. The van der Waals surface area contributed by atoms with Crippen molar-refractivity contribution in [2.45, 2.75) is 19.5 Å². The second-order valence-electron chi connectivity index (χ2n) is 8.93. The van der Waals surface area contributed by atoms with Gasteiger partial charge < -0.3 is 33.7 Å². The van der Waals surface area contributed by atoms with E-state index in [9.17, 15) is 19.8 Å². The van der Waals surface area contributed by atoms with E-state index in [1.807, 2.05) is 6.07 Å². The number of phenolic OH excluding ortho intramolecular Hbond substituents is 1. The van der Waals surface area contributed by atoms with Crippen LogP contribution in [0.3, 0.4) is 0 Å². The number of fused-ring (bicyclic) bond motifs is 1. The minimum absolute atomic E-state index is 0.0547. The zero-order chi connectivity index (χ0) is 27.7. The van der Waals surface area contributed by atoms with Gasteiger partial charge in [0.2, 0.25) is 5.78 Å². The minimum Gasteiger partial charge on any atom is -0.504 e. The highest BCUT2D eigenvalue weighted by atomic mass is 16.5. The Morgan fingerprint density at radius 1 is 0.974 bits per heavy atom. The van der Waals surface area contributed by atoms with Crippen LogP contribution in [0.2, 0.25) is 0 Å². The minimum atomic E-state index is -0.994. The molecule has 39 heavy (non-hydrogen) atoms. The number of benzene rings is 3. The lowest BCUT2D eigenvalue weighted by molar-refractivity contribution is -0.130. The number of aromatic hydroxyl groups is 1. The van der Waals surface area contributed by atoms with Crippen molar-refractivity contribution in [3.8, 4) is 23.0 Å². The molecule has 9 heteroatoms. The lowest BCUT2D eigenvalue weighted by atomic mass is 9.94. The number of methoxy groups -OCH3 is 2. The van der Waals surface area contributed by atoms with Crippen LogP contribution < -0.4 is 14.2 Å². The molecule has 3 aromatic carbocycles. The maximum atomic E-state index is 13.9. The molecule has 1 aliphatic rings. The zero-order valence-electron chi connectivity index (χ0n) is 21.6. The van der Waals surface area contributed by atoms with Crippen molar-refractivity contribution in [2.24, 2.45) is 0 Å². The average molecular weight is 530 g/mol. The van der Waals surface area contributed by atoms with Crippen LogP contribution in [0.5, 0.6) is 23.0 Å². The van der Waals surface area contributed by atoms with E-state index in [1.165, 1.54) is 18.1 Å². The van der Waals surface area contributed by atoms with E-state index in [4.69, 9.17) is 18.6 Å². The van der Waals surface area contributed by atoms with Crippen LogP contribution in [0, 0.1) is 0 Å². The summed E-state index contributed by atoms with van der Waals surface area (Å²) in [6.45, 7) is 2.14. The molecule has 0 saturated carbocycles. The van der Waals surface area contributed by atoms with Gasteiger partial charge in [0.1, 0.15) is 5.75 Å². The van der Waals surface area contributed by atoms with Gasteiger partial charge in [-0.15, -0.1) is 0 Å². The molecule has 1 amide bonds. The van der Waals surface area contributed by atoms with Crippen LogP contribution in [0.15, 0.2) is 82.5 Å². The van der Waals surface area contributed by atoms with Crippen LogP contribution in [0.25, 0.3) is 11.0 Å². The largest absolute Gasteiger partial charge is 0.504 e. The number of carbonyl (C=O) groups excluding carboxylic acids is 2. The monoisotopic (exact) mass is 529 g/mol. The molecule has 2 heterocycles. The Labute approximate surface area is 224 Å². The van der Waals surface area contributed by atoms with Crippen LogP contribution in [0.1, 0.15) is 34.6 Å². The lowest BCUT2D eigenvalue weighted by Crippen LogP contribution is -2.30. The number of nitrogens with zero attached hydrogens (tertiary/aromatic N) is 1. The van der Waals surface area contributed by atoms with E-state index >= 15 is 0 Å². The Hall–Kier alpha value is -4.92. The van der Waals surface area contributed by atoms with Crippen molar-refractivity contribution in [3.05, 3.63) is 94.9 Å². The van der Waals surface area contributed by atoms with Crippen LogP contribution in [0.4, 0.5) is 0 Å². The van der Waals surface area contributed by atoms with E-state index in [1.54, 1.807) is 68.6 Å². The maximum Gasteiger partial charge on any atom is 0.290 e. The van der Waals surface area contributed by atoms with Gasteiger partial charge in [0.05, 0.1) is 32.4 Å². The van der Waals surface area contributed by atoms with E-state index in [0.717, 1.165) is 5.56 Å². The Kier molecular flexibility index (Phi) is 6.89. The van der Waals surface area contributed by atoms with E-state index < -0.39 is 23.5 Å². The number of hydrogen-bond acceptors (Lipinski definition) is 8. The van der Waals surface area contributed by atoms with Gasteiger partial charge in [0.25, 0.3) is 5.91 Å². The third kappa shape index (κ3) is 4.63. The number of rotatable bonds is 9. The highest BCUT2D eigenvalue weighted by Gasteiger charge is 2.45. The summed E-state index contributed by atoms with van der Waals surface area (Å²) in [5.41, 5.74) is 1.43. The van der Waals surface area contributed by atoms with Crippen LogP contribution in [-0.4, -0.2) is 47.6 Å². The standard InChI is InChI=1S/C30H27NO8/c1-4-38-23-14-18(11-12-21(23)32)26-25(27(33)24-15-19-8-6-10-22(37-3)29(19)39-24)28(34)30(35)31(26)16-17-7-5-9-20(13-17)36-2/h5-15,26,32,34H,4,16H2,1-3H3. The van der Waals surface area contributed by atoms with Crippen molar-refractivity contribution in [1.82, 2.24) is 4.90 Å². The molecular formula is C30H27NO8. The Balaban J connectivity index is 1.62. The SMILES string of the molecule is CCOc1cc(C2C(C(=O)c3cc4cccc(OC)c4o3)=C(O)C(=O)N2Cc2cccc(OC)c2)ccc1O. The van der Waals surface area contributed by atoms with E-state index in [0.29, 0.717) is 34.6 Å². The summed E-state index contributed by atoms with van der Waals surface area (Å²) >= 11 is 0. The molecule has 4 aromatic rings. The first kappa shape index (κ1) is 25.7. The van der Waals surface area contributed by atoms with Gasteiger partial charge in [-0.2, -0.15) is 0 Å². The summed E-state index contributed by atoms with van der Waals surface area (Å²) in [5.74, 6) is -0.946. The van der Waals surface area contributed by atoms with Crippen LogP contribution >= 0.6 is 0 Å². The van der Waals surface area contributed by atoms with Crippen molar-refractivity contribution < 1.29 is 38.4 Å². The topological polar surface area (TPSA) is 119 Å². The number of ketones is 1. The number of para-hydroxylation sites is 1. The van der Waals surface area contributed by atoms with Crippen molar-refractivity contribution >= 4 is 22.7 Å². The van der Waals surface area contributed by atoms with E-state index in [-0.39, 0.29) is 29.4 Å².